The number of carbonyl (C=O) groups excluding carboxylic acids is 2. The molecular weight excluding hydrogens is 446 g/mol. The zero-order chi connectivity index (χ0) is 24.9. The lowest BCUT2D eigenvalue weighted by Gasteiger charge is -2.28. The predicted octanol–water partition coefficient (Wildman–Crippen LogP) is 2.76. The Morgan fingerprint density at radius 2 is 1.74 bits per heavy atom. The number of nitrogens with one attached hydrogen (secondary N) is 3. The fraction of sp³-hybridized carbons (Fsp3) is 0.385. The number of anilines is 3. The number of rotatable bonds is 8. The Morgan fingerprint density at radius 1 is 1.09 bits per heavy atom. The smallest absolute Gasteiger partial charge is 0.258 e. The van der Waals surface area contributed by atoms with Gasteiger partial charge in [0.2, 0.25) is 5.91 Å². The summed E-state index contributed by atoms with van der Waals surface area (Å²) in [5, 5.41) is 9.62. The number of methoxy groups -OCH3 is 2. The molecule has 0 aliphatic carbocycles. The molecule has 0 radical (unpaired) electrons. The number of ether oxygens (including phenoxy) is 2. The van der Waals surface area contributed by atoms with Crippen molar-refractivity contribution < 1.29 is 19.1 Å². The highest BCUT2D eigenvalue weighted by molar-refractivity contribution is 6.32. The van der Waals surface area contributed by atoms with Gasteiger partial charge in [0, 0.05) is 61.9 Å². The molecule has 2 amide bonds. The van der Waals surface area contributed by atoms with Crippen LogP contribution in [-0.2, 0) is 9.59 Å². The topological polar surface area (TPSA) is 95.2 Å². The van der Waals surface area contributed by atoms with Crippen LogP contribution in [0.15, 0.2) is 42.1 Å². The van der Waals surface area contributed by atoms with Gasteiger partial charge in [0.15, 0.2) is 11.5 Å². The molecule has 35 heavy (non-hydrogen) atoms. The van der Waals surface area contributed by atoms with E-state index >= 15 is 0 Å². The summed E-state index contributed by atoms with van der Waals surface area (Å²) in [6.45, 7) is 5.99. The Labute approximate surface area is 206 Å². The summed E-state index contributed by atoms with van der Waals surface area (Å²) in [5.74, 6) is 1.01. The second kappa shape index (κ2) is 10.8. The number of carbonyl (C=O) groups is 2. The van der Waals surface area contributed by atoms with E-state index in [9.17, 15) is 9.59 Å². The zero-order valence-corrected chi connectivity index (χ0v) is 20.7. The molecule has 1 saturated heterocycles. The van der Waals surface area contributed by atoms with Crippen molar-refractivity contribution in [1.29, 1.82) is 0 Å². The lowest BCUT2D eigenvalue weighted by atomic mass is 10.0. The van der Waals surface area contributed by atoms with E-state index < -0.39 is 0 Å². The fourth-order valence-electron chi connectivity index (χ4n) is 4.38. The molecule has 1 fully saturated rings. The van der Waals surface area contributed by atoms with Crippen LogP contribution in [0.25, 0.3) is 5.57 Å². The van der Waals surface area contributed by atoms with Gasteiger partial charge >= 0.3 is 0 Å². The predicted molar refractivity (Wildman–Crippen MR) is 138 cm³/mol. The number of piperazine rings is 1. The SMILES string of the molecule is CC/C(Nc1ccc(N(C)C(=O)CN2CCNCC2)cc1)=C1/C(=O)Nc2cc(OC)c(OC)cc21. The van der Waals surface area contributed by atoms with E-state index in [1.54, 1.807) is 32.2 Å². The number of amides is 2. The van der Waals surface area contributed by atoms with Gasteiger partial charge in [-0.25, -0.2) is 0 Å². The first kappa shape index (κ1) is 24.6. The first-order valence-electron chi connectivity index (χ1n) is 11.8. The van der Waals surface area contributed by atoms with Gasteiger partial charge in [-0.1, -0.05) is 6.92 Å². The maximum Gasteiger partial charge on any atom is 0.258 e. The van der Waals surface area contributed by atoms with Gasteiger partial charge in [-0.15, -0.1) is 0 Å². The van der Waals surface area contributed by atoms with Crippen molar-refractivity contribution in [1.82, 2.24) is 10.2 Å². The first-order valence-corrected chi connectivity index (χ1v) is 11.8. The fourth-order valence-corrected chi connectivity index (χ4v) is 4.38. The van der Waals surface area contributed by atoms with Crippen molar-refractivity contribution in [3.63, 3.8) is 0 Å². The lowest BCUT2D eigenvalue weighted by molar-refractivity contribution is -0.119. The second-order valence-corrected chi connectivity index (χ2v) is 8.56. The molecule has 2 aliphatic rings. The monoisotopic (exact) mass is 479 g/mol. The normalized spacial score (nSPS) is 16.9. The quantitative estimate of drug-likeness (QED) is 0.501. The first-order chi connectivity index (χ1) is 16.9. The molecule has 3 N–H and O–H groups in total. The Bertz CT molecular complexity index is 1120. The third-order valence-corrected chi connectivity index (χ3v) is 6.42. The molecule has 0 unspecified atom stereocenters. The van der Waals surface area contributed by atoms with E-state index in [-0.39, 0.29) is 11.8 Å². The molecule has 0 aromatic heterocycles. The van der Waals surface area contributed by atoms with Crippen molar-refractivity contribution in [2.45, 2.75) is 13.3 Å². The van der Waals surface area contributed by atoms with Crippen LogP contribution < -0.4 is 30.3 Å². The van der Waals surface area contributed by atoms with Crippen LogP contribution in [0.2, 0.25) is 0 Å². The second-order valence-electron chi connectivity index (χ2n) is 8.56. The highest BCUT2D eigenvalue weighted by Gasteiger charge is 2.29. The van der Waals surface area contributed by atoms with Crippen molar-refractivity contribution in [3.8, 4) is 11.5 Å². The number of hydrogen-bond donors (Lipinski definition) is 3. The van der Waals surface area contributed by atoms with Crippen molar-refractivity contribution in [2.75, 3.05) is 69.5 Å². The maximum atomic E-state index is 12.9. The van der Waals surface area contributed by atoms with E-state index in [0.717, 1.165) is 48.8 Å². The number of fused-ring (bicyclic) bond motifs is 1. The largest absolute Gasteiger partial charge is 0.493 e. The van der Waals surface area contributed by atoms with E-state index in [4.69, 9.17) is 9.47 Å². The third-order valence-electron chi connectivity index (χ3n) is 6.42. The highest BCUT2D eigenvalue weighted by atomic mass is 16.5. The van der Waals surface area contributed by atoms with Crippen LogP contribution in [0, 0.1) is 0 Å². The summed E-state index contributed by atoms with van der Waals surface area (Å²) in [4.78, 5) is 29.4. The van der Waals surface area contributed by atoms with Gasteiger partial charge in [-0.05, 0) is 36.8 Å². The molecule has 9 nitrogen and oxygen atoms in total. The molecule has 2 heterocycles. The highest BCUT2D eigenvalue weighted by Crippen LogP contribution is 2.42. The third kappa shape index (κ3) is 5.26. The average Bonchev–Trinajstić information content (AvgIpc) is 3.21. The average molecular weight is 480 g/mol. The van der Waals surface area contributed by atoms with Crippen LogP contribution in [0.1, 0.15) is 18.9 Å². The van der Waals surface area contributed by atoms with Crippen LogP contribution in [0.3, 0.4) is 0 Å². The molecule has 0 bridgehead atoms. The van der Waals surface area contributed by atoms with Gasteiger partial charge in [-0.3, -0.25) is 14.5 Å². The van der Waals surface area contributed by atoms with Crippen LogP contribution in [0.5, 0.6) is 11.5 Å². The molecule has 9 heteroatoms. The van der Waals surface area contributed by atoms with E-state index in [1.165, 1.54) is 0 Å². The van der Waals surface area contributed by atoms with E-state index in [1.807, 2.05) is 37.3 Å². The summed E-state index contributed by atoms with van der Waals surface area (Å²) in [5.41, 5.74) is 4.49. The number of hydrogen-bond acceptors (Lipinski definition) is 7. The van der Waals surface area contributed by atoms with Crippen LogP contribution in [-0.4, -0.2) is 70.7 Å². The number of nitrogens with zero attached hydrogens (tertiary/aromatic N) is 2. The van der Waals surface area contributed by atoms with Gasteiger partial charge in [0.1, 0.15) is 0 Å². The maximum absolute atomic E-state index is 12.9. The van der Waals surface area contributed by atoms with Crippen LogP contribution in [0.4, 0.5) is 17.1 Å². The van der Waals surface area contributed by atoms with Gasteiger partial charge < -0.3 is 30.3 Å². The minimum atomic E-state index is -0.172. The number of likely N-dealkylation sites (N-methyl/N-ethyl adjacent to an activating group) is 1. The molecule has 2 aliphatic heterocycles. The Morgan fingerprint density at radius 3 is 2.37 bits per heavy atom. The molecule has 0 atom stereocenters. The van der Waals surface area contributed by atoms with Gasteiger partial charge in [-0.2, -0.15) is 0 Å². The van der Waals surface area contributed by atoms with Crippen molar-refractivity contribution in [3.05, 3.63) is 47.7 Å². The molecule has 186 valence electrons. The minimum absolute atomic E-state index is 0.0626. The summed E-state index contributed by atoms with van der Waals surface area (Å²) in [7, 11) is 4.94. The summed E-state index contributed by atoms with van der Waals surface area (Å²) < 4.78 is 10.8. The van der Waals surface area contributed by atoms with E-state index in [0.29, 0.717) is 35.7 Å². The Kier molecular flexibility index (Phi) is 7.57. The lowest BCUT2D eigenvalue weighted by Crippen LogP contribution is -2.47. The van der Waals surface area contributed by atoms with Crippen LogP contribution >= 0.6 is 0 Å². The zero-order valence-electron chi connectivity index (χ0n) is 20.7. The van der Waals surface area contributed by atoms with Crippen molar-refractivity contribution in [2.24, 2.45) is 0 Å². The molecule has 4 rings (SSSR count). The summed E-state index contributed by atoms with van der Waals surface area (Å²) in [6.07, 6.45) is 0.626. The standard InChI is InChI=1S/C26H33N5O4/c1-5-20(25-19-14-22(34-3)23(35-4)15-21(19)29-26(25)33)28-17-6-8-18(9-7-17)30(2)24(32)16-31-12-10-27-11-13-31/h6-9,14-15,27-28H,5,10-13,16H2,1-4H3,(H,29,33)/b25-20-. The summed E-state index contributed by atoms with van der Waals surface area (Å²) >= 11 is 0. The number of allylic oxidation sites excluding steroid dienone is 1. The molecule has 2 aromatic rings. The van der Waals surface area contributed by atoms with Gasteiger partial charge in [0.05, 0.1) is 32.0 Å². The Balaban J connectivity index is 1.52. The minimum Gasteiger partial charge on any atom is -0.493 e. The van der Waals surface area contributed by atoms with E-state index in [2.05, 4.69) is 20.9 Å². The summed E-state index contributed by atoms with van der Waals surface area (Å²) in [6, 6.07) is 11.2. The Hall–Kier alpha value is -3.56. The molecule has 0 saturated carbocycles. The molecular formula is C26H33N5O4. The van der Waals surface area contributed by atoms with Gasteiger partial charge in [0.25, 0.3) is 5.91 Å². The van der Waals surface area contributed by atoms with Crippen molar-refractivity contribution >= 4 is 34.4 Å². The number of benzene rings is 2. The molecule has 0 spiro atoms. The molecule has 2 aromatic carbocycles.